The minimum absolute atomic E-state index is 0.0555. The zero-order chi connectivity index (χ0) is 16.7. The van der Waals surface area contributed by atoms with Crippen LogP contribution in [0.3, 0.4) is 0 Å². The Morgan fingerprint density at radius 3 is 2.88 bits per heavy atom. The highest BCUT2D eigenvalue weighted by Crippen LogP contribution is 2.32. The Labute approximate surface area is 143 Å². The summed E-state index contributed by atoms with van der Waals surface area (Å²) in [5.41, 5.74) is 0.815. The number of carbonyl (C=O) groups is 1. The number of fused-ring (bicyclic) bond motifs is 2. The summed E-state index contributed by atoms with van der Waals surface area (Å²) < 4.78 is 0. The lowest BCUT2D eigenvalue weighted by atomic mass is 9.95. The van der Waals surface area contributed by atoms with Gasteiger partial charge in [-0.05, 0) is 37.0 Å². The van der Waals surface area contributed by atoms with Gasteiger partial charge < -0.3 is 10.6 Å². The smallest absolute Gasteiger partial charge is 0.270 e. The van der Waals surface area contributed by atoms with Gasteiger partial charge in [0, 0.05) is 35.1 Å². The van der Waals surface area contributed by atoms with Crippen LogP contribution in [0.15, 0.2) is 36.4 Å². The van der Waals surface area contributed by atoms with Crippen molar-refractivity contribution in [3.8, 4) is 10.4 Å². The van der Waals surface area contributed by atoms with Crippen molar-refractivity contribution in [2.24, 2.45) is 0 Å². The van der Waals surface area contributed by atoms with Crippen molar-refractivity contribution < 1.29 is 9.72 Å². The van der Waals surface area contributed by atoms with E-state index in [9.17, 15) is 14.9 Å². The second kappa shape index (κ2) is 5.99. The molecule has 2 aliphatic heterocycles. The topological polar surface area (TPSA) is 84.3 Å². The molecule has 3 heterocycles. The van der Waals surface area contributed by atoms with E-state index in [1.165, 1.54) is 29.9 Å². The van der Waals surface area contributed by atoms with Gasteiger partial charge in [-0.1, -0.05) is 12.1 Å². The minimum atomic E-state index is -0.410. The van der Waals surface area contributed by atoms with Gasteiger partial charge in [-0.3, -0.25) is 14.9 Å². The minimum Gasteiger partial charge on any atom is -0.347 e. The lowest BCUT2D eigenvalue weighted by molar-refractivity contribution is -0.384. The number of hydrogen-bond donors (Lipinski definition) is 2. The SMILES string of the molecule is O=C(N[C@@H]1C[C@H]2CC[C@@H]1N2)c1ccc(-c2cccc([N+](=O)[O-])c2)s1. The molecule has 2 saturated heterocycles. The number of carbonyl (C=O) groups excluding carboxylic acids is 1. The maximum Gasteiger partial charge on any atom is 0.270 e. The summed E-state index contributed by atoms with van der Waals surface area (Å²) in [5.74, 6) is -0.0592. The second-order valence-corrected chi connectivity index (χ2v) is 7.42. The summed E-state index contributed by atoms with van der Waals surface area (Å²) in [7, 11) is 0. The van der Waals surface area contributed by atoms with Crippen LogP contribution in [0.1, 0.15) is 28.9 Å². The molecular weight excluding hydrogens is 326 g/mol. The van der Waals surface area contributed by atoms with Crippen LogP contribution < -0.4 is 10.6 Å². The molecule has 2 fully saturated rings. The first kappa shape index (κ1) is 15.3. The van der Waals surface area contributed by atoms with Gasteiger partial charge >= 0.3 is 0 Å². The van der Waals surface area contributed by atoms with E-state index in [1.807, 2.05) is 12.1 Å². The number of thiophene rings is 1. The Morgan fingerprint density at radius 2 is 2.17 bits per heavy atom. The van der Waals surface area contributed by atoms with E-state index in [0.29, 0.717) is 17.0 Å². The largest absolute Gasteiger partial charge is 0.347 e. The Kier molecular flexibility index (Phi) is 3.82. The van der Waals surface area contributed by atoms with E-state index in [4.69, 9.17) is 0 Å². The summed E-state index contributed by atoms with van der Waals surface area (Å²) in [6.07, 6.45) is 3.32. The van der Waals surface area contributed by atoms with E-state index < -0.39 is 4.92 Å². The standard InChI is InChI=1S/C17H17N3O3S/c21-17(19-14-9-11-4-5-13(14)18-11)16-7-6-15(24-16)10-2-1-3-12(8-10)20(22)23/h1-3,6-8,11,13-14,18H,4-5,9H2,(H,19,21)/t11-,13+,14-/m1/s1. The van der Waals surface area contributed by atoms with Crippen molar-refractivity contribution in [3.05, 3.63) is 51.4 Å². The van der Waals surface area contributed by atoms with Crippen LogP contribution >= 0.6 is 11.3 Å². The van der Waals surface area contributed by atoms with Crippen molar-refractivity contribution in [1.29, 1.82) is 0 Å². The van der Waals surface area contributed by atoms with Gasteiger partial charge in [0.15, 0.2) is 0 Å². The van der Waals surface area contributed by atoms with E-state index in [-0.39, 0.29) is 17.6 Å². The number of nitrogens with zero attached hydrogens (tertiary/aromatic N) is 1. The van der Waals surface area contributed by atoms with Gasteiger partial charge in [0.05, 0.1) is 9.80 Å². The average Bonchev–Trinajstić information content (AvgIpc) is 3.31. The monoisotopic (exact) mass is 343 g/mol. The number of nitro groups is 1. The Morgan fingerprint density at radius 1 is 1.29 bits per heavy atom. The predicted octanol–water partition coefficient (Wildman–Crippen LogP) is 2.95. The summed E-state index contributed by atoms with van der Waals surface area (Å²) in [6.45, 7) is 0. The molecule has 0 radical (unpaired) electrons. The molecular formula is C17H17N3O3S. The molecule has 0 spiro atoms. The molecule has 7 heteroatoms. The number of hydrogen-bond acceptors (Lipinski definition) is 5. The first-order valence-electron chi connectivity index (χ1n) is 8.02. The highest BCUT2D eigenvalue weighted by atomic mass is 32.1. The summed E-state index contributed by atoms with van der Waals surface area (Å²) in [5, 5.41) is 17.5. The summed E-state index contributed by atoms with van der Waals surface area (Å²) >= 11 is 1.36. The molecule has 0 unspecified atom stereocenters. The van der Waals surface area contributed by atoms with Gasteiger partial charge in [-0.2, -0.15) is 0 Å². The van der Waals surface area contributed by atoms with Crippen LogP contribution in [0, 0.1) is 10.1 Å². The number of amides is 1. The number of benzene rings is 1. The van der Waals surface area contributed by atoms with Crippen molar-refractivity contribution >= 4 is 22.9 Å². The molecule has 24 heavy (non-hydrogen) atoms. The molecule has 0 aliphatic carbocycles. The highest BCUT2D eigenvalue weighted by Gasteiger charge is 2.39. The van der Waals surface area contributed by atoms with Gasteiger partial charge in [0.2, 0.25) is 0 Å². The van der Waals surface area contributed by atoms with Crippen molar-refractivity contribution in [1.82, 2.24) is 10.6 Å². The first-order valence-corrected chi connectivity index (χ1v) is 8.83. The van der Waals surface area contributed by atoms with Crippen LogP contribution in [0.2, 0.25) is 0 Å². The number of non-ortho nitro benzene ring substituents is 1. The molecule has 4 rings (SSSR count). The van der Waals surface area contributed by atoms with Gasteiger partial charge in [-0.15, -0.1) is 11.3 Å². The third-order valence-corrected chi connectivity index (χ3v) is 5.92. The lowest BCUT2D eigenvalue weighted by Gasteiger charge is -2.20. The summed E-state index contributed by atoms with van der Waals surface area (Å²) in [6, 6.07) is 11.3. The maximum atomic E-state index is 12.5. The van der Waals surface area contributed by atoms with Crippen molar-refractivity contribution in [2.45, 2.75) is 37.4 Å². The van der Waals surface area contributed by atoms with E-state index >= 15 is 0 Å². The fraction of sp³-hybridized carbons (Fsp3) is 0.353. The molecule has 1 aromatic heterocycles. The first-order chi connectivity index (χ1) is 11.6. The second-order valence-electron chi connectivity index (χ2n) is 6.33. The number of nitrogens with one attached hydrogen (secondary N) is 2. The van der Waals surface area contributed by atoms with Crippen molar-refractivity contribution in [2.75, 3.05) is 0 Å². The highest BCUT2D eigenvalue weighted by molar-refractivity contribution is 7.17. The Bertz CT molecular complexity index is 804. The van der Waals surface area contributed by atoms with Crippen LogP contribution in [0.4, 0.5) is 5.69 Å². The molecule has 6 nitrogen and oxygen atoms in total. The number of nitro benzene ring substituents is 1. The normalized spacial score (nSPS) is 24.9. The average molecular weight is 343 g/mol. The molecule has 2 aliphatic rings. The fourth-order valence-electron chi connectivity index (χ4n) is 3.61. The molecule has 2 bridgehead atoms. The van der Waals surface area contributed by atoms with E-state index in [1.54, 1.807) is 12.1 Å². The molecule has 2 aromatic rings. The van der Waals surface area contributed by atoms with Gasteiger partial charge in [0.1, 0.15) is 0 Å². The maximum absolute atomic E-state index is 12.5. The van der Waals surface area contributed by atoms with Crippen LogP contribution in [0.5, 0.6) is 0 Å². The molecule has 124 valence electrons. The number of rotatable bonds is 4. The van der Waals surface area contributed by atoms with Crippen molar-refractivity contribution in [3.63, 3.8) is 0 Å². The van der Waals surface area contributed by atoms with E-state index in [2.05, 4.69) is 10.6 Å². The zero-order valence-electron chi connectivity index (χ0n) is 12.9. The molecule has 0 saturated carbocycles. The molecule has 3 atom stereocenters. The van der Waals surface area contributed by atoms with E-state index in [0.717, 1.165) is 23.3 Å². The Balaban J connectivity index is 1.49. The molecule has 1 aromatic carbocycles. The fourth-order valence-corrected chi connectivity index (χ4v) is 4.52. The molecule has 2 N–H and O–H groups in total. The van der Waals surface area contributed by atoms with Gasteiger partial charge in [-0.25, -0.2) is 0 Å². The third-order valence-electron chi connectivity index (χ3n) is 4.79. The third kappa shape index (κ3) is 2.81. The predicted molar refractivity (Wildman–Crippen MR) is 92.2 cm³/mol. The van der Waals surface area contributed by atoms with Crippen LogP contribution in [-0.2, 0) is 0 Å². The zero-order valence-corrected chi connectivity index (χ0v) is 13.7. The Hall–Kier alpha value is -2.25. The van der Waals surface area contributed by atoms with Crippen LogP contribution in [0.25, 0.3) is 10.4 Å². The van der Waals surface area contributed by atoms with Gasteiger partial charge in [0.25, 0.3) is 11.6 Å². The lowest BCUT2D eigenvalue weighted by Crippen LogP contribution is -2.42. The summed E-state index contributed by atoms with van der Waals surface area (Å²) in [4.78, 5) is 24.4. The quantitative estimate of drug-likeness (QED) is 0.660. The van der Waals surface area contributed by atoms with Crippen LogP contribution in [-0.4, -0.2) is 29.0 Å². The molecule has 1 amide bonds.